The van der Waals surface area contributed by atoms with Gasteiger partial charge in [0.2, 0.25) is 0 Å². The zero-order chi connectivity index (χ0) is 16.5. The van der Waals surface area contributed by atoms with Gasteiger partial charge < -0.3 is 10.3 Å². The van der Waals surface area contributed by atoms with Gasteiger partial charge >= 0.3 is 0 Å². The normalized spacial score (nSPS) is 12.9. The third-order valence-corrected chi connectivity index (χ3v) is 4.26. The highest BCUT2D eigenvalue weighted by Gasteiger charge is 2.24. The van der Waals surface area contributed by atoms with Crippen molar-refractivity contribution in [3.8, 4) is 11.3 Å². The number of aryl methyl sites for hydroxylation is 3. The number of rotatable bonds is 2. The Labute approximate surface area is 139 Å². The maximum atomic E-state index is 12.8. The summed E-state index contributed by atoms with van der Waals surface area (Å²) in [4.78, 5) is 28.7. The van der Waals surface area contributed by atoms with Crippen LogP contribution >= 0.6 is 0 Å². The van der Waals surface area contributed by atoms with Gasteiger partial charge in [0.1, 0.15) is 6.33 Å². The molecule has 1 aliphatic carbocycles. The summed E-state index contributed by atoms with van der Waals surface area (Å²) in [7, 11) is 0. The quantitative estimate of drug-likeness (QED) is 0.760. The summed E-state index contributed by atoms with van der Waals surface area (Å²) in [5.41, 5.74) is 6.11. The van der Waals surface area contributed by atoms with Crippen molar-refractivity contribution in [3.63, 3.8) is 0 Å². The maximum Gasteiger partial charge on any atom is 0.257 e. The number of carbonyl (C=O) groups excluding carboxylic acids is 1. The molecule has 0 atom stereocenters. The van der Waals surface area contributed by atoms with Gasteiger partial charge in [0.05, 0.1) is 11.3 Å². The molecule has 1 amide bonds. The molecule has 0 radical (unpaired) electrons. The first-order chi connectivity index (χ1) is 11.7. The Morgan fingerprint density at radius 1 is 1.29 bits per heavy atom. The molecular weight excluding hydrogens is 302 g/mol. The fourth-order valence-corrected chi connectivity index (χ4v) is 3.16. The lowest BCUT2D eigenvalue weighted by Gasteiger charge is -2.09. The molecular formula is C18H17N5O. The third-order valence-electron chi connectivity index (χ3n) is 4.26. The van der Waals surface area contributed by atoms with E-state index >= 15 is 0 Å². The first-order valence-electron chi connectivity index (χ1n) is 7.96. The molecule has 4 rings (SSSR count). The zero-order valence-electron chi connectivity index (χ0n) is 13.3. The van der Waals surface area contributed by atoms with E-state index in [1.165, 1.54) is 6.33 Å². The van der Waals surface area contributed by atoms with Gasteiger partial charge in [-0.05, 0) is 43.9 Å². The van der Waals surface area contributed by atoms with Crippen LogP contribution in [0.1, 0.15) is 33.7 Å². The largest absolute Gasteiger partial charge is 0.364 e. The average Bonchev–Trinajstić information content (AvgIpc) is 2.91. The SMILES string of the molecule is Cc1cc(NC(=O)c2c[nH]c3c2-c2ncncc2CCC3)ccn1. The molecule has 3 aromatic heterocycles. The number of nitrogens with zero attached hydrogens (tertiary/aromatic N) is 3. The third kappa shape index (κ3) is 2.56. The Kier molecular flexibility index (Phi) is 3.57. The summed E-state index contributed by atoms with van der Waals surface area (Å²) < 4.78 is 0. The Morgan fingerprint density at radius 2 is 2.21 bits per heavy atom. The molecule has 0 fully saturated rings. The van der Waals surface area contributed by atoms with Crippen LogP contribution in [0.15, 0.2) is 37.1 Å². The van der Waals surface area contributed by atoms with Crippen LogP contribution in [0.2, 0.25) is 0 Å². The highest BCUT2D eigenvalue weighted by Crippen LogP contribution is 2.33. The first kappa shape index (κ1) is 14.6. The molecule has 2 N–H and O–H groups in total. The second kappa shape index (κ2) is 5.88. The molecule has 0 aliphatic heterocycles. The number of hydrogen-bond acceptors (Lipinski definition) is 4. The van der Waals surface area contributed by atoms with Gasteiger partial charge in [-0.2, -0.15) is 0 Å². The molecule has 120 valence electrons. The van der Waals surface area contributed by atoms with E-state index < -0.39 is 0 Å². The number of H-pyrrole nitrogens is 1. The van der Waals surface area contributed by atoms with Crippen LogP contribution in [0.3, 0.4) is 0 Å². The lowest BCUT2D eigenvalue weighted by atomic mass is 10.0. The number of carbonyl (C=O) groups is 1. The van der Waals surface area contributed by atoms with Gasteiger partial charge in [-0.15, -0.1) is 0 Å². The van der Waals surface area contributed by atoms with Gasteiger partial charge in [-0.25, -0.2) is 9.97 Å². The van der Waals surface area contributed by atoms with E-state index in [1.54, 1.807) is 18.5 Å². The minimum atomic E-state index is -0.149. The number of pyridine rings is 1. The summed E-state index contributed by atoms with van der Waals surface area (Å²) in [6.45, 7) is 1.89. The van der Waals surface area contributed by atoms with E-state index in [1.807, 2.05) is 19.2 Å². The Morgan fingerprint density at radius 3 is 3.08 bits per heavy atom. The standard InChI is InChI=1S/C18H17N5O/c1-11-7-13(5-6-20-11)23-18(24)14-9-21-15-4-2-3-12-8-19-10-22-17(12)16(14)15/h5-10,21H,2-4H2,1H3,(H,20,23,24). The number of anilines is 1. The van der Waals surface area contributed by atoms with Crippen molar-refractivity contribution < 1.29 is 4.79 Å². The van der Waals surface area contributed by atoms with Gasteiger partial charge in [-0.3, -0.25) is 9.78 Å². The second-order valence-electron chi connectivity index (χ2n) is 5.95. The van der Waals surface area contributed by atoms with Crippen molar-refractivity contribution >= 4 is 11.6 Å². The van der Waals surface area contributed by atoms with Crippen molar-refractivity contribution in [2.24, 2.45) is 0 Å². The fourth-order valence-electron chi connectivity index (χ4n) is 3.16. The second-order valence-corrected chi connectivity index (χ2v) is 5.95. The van der Waals surface area contributed by atoms with Crippen LogP contribution in [-0.4, -0.2) is 25.8 Å². The molecule has 3 heterocycles. The van der Waals surface area contributed by atoms with Gasteiger partial charge in [0.15, 0.2) is 0 Å². The maximum absolute atomic E-state index is 12.8. The van der Waals surface area contributed by atoms with Crippen molar-refractivity contribution in [1.29, 1.82) is 0 Å². The molecule has 0 unspecified atom stereocenters. The van der Waals surface area contributed by atoms with E-state index in [2.05, 4.69) is 25.3 Å². The molecule has 1 aliphatic rings. The number of amides is 1. The van der Waals surface area contributed by atoms with Gasteiger partial charge in [-0.1, -0.05) is 0 Å². The number of aromatic amines is 1. The minimum Gasteiger partial charge on any atom is -0.364 e. The van der Waals surface area contributed by atoms with Crippen LogP contribution in [0.25, 0.3) is 11.3 Å². The Balaban J connectivity index is 1.74. The molecule has 3 aromatic rings. The van der Waals surface area contributed by atoms with Crippen molar-refractivity contribution in [2.45, 2.75) is 26.2 Å². The van der Waals surface area contributed by atoms with Crippen LogP contribution in [0.4, 0.5) is 5.69 Å². The highest BCUT2D eigenvalue weighted by atomic mass is 16.1. The van der Waals surface area contributed by atoms with E-state index in [4.69, 9.17) is 0 Å². The summed E-state index contributed by atoms with van der Waals surface area (Å²) in [5, 5.41) is 2.94. The summed E-state index contributed by atoms with van der Waals surface area (Å²) >= 11 is 0. The van der Waals surface area contributed by atoms with Crippen molar-refractivity contribution in [1.82, 2.24) is 19.9 Å². The number of nitrogens with one attached hydrogen (secondary N) is 2. The van der Waals surface area contributed by atoms with Gasteiger partial charge in [0.25, 0.3) is 5.91 Å². The monoisotopic (exact) mass is 319 g/mol. The topological polar surface area (TPSA) is 83.6 Å². The number of aromatic nitrogens is 4. The smallest absolute Gasteiger partial charge is 0.257 e. The van der Waals surface area contributed by atoms with E-state index in [0.717, 1.165) is 53.2 Å². The molecule has 0 aromatic carbocycles. The predicted octanol–water partition coefficient (Wildman–Crippen LogP) is 2.92. The van der Waals surface area contributed by atoms with Crippen LogP contribution in [0.5, 0.6) is 0 Å². The number of hydrogen-bond donors (Lipinski definition) is 2. The average molecular weight is 319 g/mol. The lowest BCUT2D eigenvalue weighted by molar-refractivity contribution is 0.102. The molecule has 0 saturated carbocycles. The van der Waals surface area contributed by atoms with Gasteiger partial charge in [0, 0.05) is 41.2 Å². The Hall–Kier alpha value is -3.02. The summed E-state index contributed by atoms with van der Waals surface area (Å²) in [6.07, 6.45) is 9.67. The zero-order valence-corrected chi connectivity index (χ0v) is 13.3. The minimum absolute atomic E-state index is 0.149. The molecule has 24 heavy (non-hydrogen) atoms. The predicted molar refractivity (Wildman–Crippen MR) is 90.8 cm³/mol. The Bertz CT molecular complexity index is 915. The molecule has 0 bridgehead atoms. The lowest BCUT2D eigenvalue weighted by Crippen LogP contribution is -2.13. The van der Waals surface area contributed by atoms with Crippen LogP contribution in [-0.2, 0) is 12.8 Å². The summed E-state index contributed by atoms with van der Waals surface area (Å²) in [5.74, 6) is -0.149. The van der Waals surface area contributed by atoms with E-state index in [0.29, 0.717) is 5.56 Å². The van der Waals surface area contributed by atoms with Crippen LogP contribution in [0, 0.1) is 6.92 Å². The van der Waals surface area contributed by atoms with Crippen molar-refractivity contribution in [2.75, 3.05) is 5.32 Å². The highest BCUT2D eigenvalue weighted by molar-refractivity contribution is 6.09. The molecule has 0 spiro atoms. The molecule has 0 saturated heterocycles. The number of fused-ring (bicyclic) bond motifs is 3. The van der Waals surface area contributed by atoms with E-state index in [9.17, 15) is 4.79 Å². The molecule has 6 nitrogen and oxygen atoms in total. The molecule has 6 heteroatoms. The summed E-state index contributed by atoms with van der Waals surface area (Å²) in [6, 6.07) is 3.63. The van der Waals surface area contributed by atoms with Crippen molar-refractivity contribution in [3.05, 3.63) is 59.6 Å². The fraction of sp³-hybridized carbons (Fsp3) is 0.222. The first-order valence-corrected chi connectivity index (χ1v) is 7.96. The van der Waals surface area contributed by atoms with E-state index in [-0.39, 0.29) is 5.91 Å². The van der Waals surface area contributed by atoms with Crippen LogP contribution < -0.4 is 5.32 Å².